The second-order valence-electron chi connectivity index (χ2n) is 6.36. The molecule has 0 radical (unpaired) electrons. The fourth-order valence-corrected chi connectivity index (χ4v) is 3.21. The van der Waals surface area contributed by atoms with Crippen LogP contribution in [0.1, 0.15) is 39.7 Å². The Hall–Kier alpha value is -1.83. The lowest BCUT2D eigenvalue weighted by Crippen LogP contribution is -2.42. The molecule has 0 amide bonds. The van der Waals surface area contributed by atoms with Gasteiger partial charge in [-0.05, 0) is 45.7 Å². The average Bonchev–Trinajstić information content (AvgIpc) is 2.60. The predicted octanol–water partition coefficient (Wildman–Crippen LogP) is 1.81. The van der Waals surface area contributed by atoms with Gasteiger partial charge in [-0.2, -0.15) is 0 Å². The van der Waals surface area contributed by atoms with Gasteiger partial charge in [0.05, 0.1) is 12.3 Å². The van der Waals surface area contributed by atoms with Gasteiger partial charge >= 0.3 is 0 Å². The number of anilines is 1. The number of pyridine rings is 1. The molecule has 0 saturated carbocycles. The van der Waals surface area contributed by atoms with Crippen molar-refractivity contribution in [3.8, 4) is 0 Å². The summed E-state index contributed by atoms with van der Waals surface area (Å²) in [6.45, 7) is 11.3. The van der Waals surface area contributed by atoms with Gasteiger partial charge in [0.15, 0.2) is 5.96 Å². The van der Waals surface area contributed by atoms with Crippen LogP contribution in [0.3, 0.4) is 0 Å². The van der Waals surface area contributed by atoms with Crippen molar-refractivity contribution < 1.29 is 8.42 Å². The molecule has 1 heterocycles. The summed E-state index contributed by atoms with van der Waals surface area (Å²) in [6.07, 6.45) is 3.66. The highest BCUT2D eigenvalue weighted by Crippen LogP contribution is 2.11. The Morgan fingerprint density at radius 3 is 2.46 bits per heavy atom. The highest BCUT2D eigenvalue weighted by molar-refractivity contribution is 7.90. The number of nitrogens with one attached hydrogen (secondary N) is 2. The third kappa shape index (κ3) is 8.51. The zero-order chi connectivity index (χ0) is 19.6. The van der Waals surface area contributed by atoms with E-state index in [1.165, 1.54) is 6.26 Å². The minimum atomic E-state index is -2.95. The van der Waals surface area contributed by atoms with Gasteiger partial charge in [-0.1, -0.05) is 6.07 Å². The Kier molecular flexibility index (Phi) is 9.40. The number of nitrogens with zero attached hydrogens (tertiary/aromatic N) is 3. The first-order valence-corrected chi connectivity index (χ1v) is 11.3. The predicted molar refractivity (Wildman–Crippen MR) is 110 cm³/mol. The second-order valence-corrected chi connectivity index (χ2v) is 8.62. The first kappa shape index (κ1) is 22.2. The van der Waals surface area contributed by atoms with Crippen molar-refractivity contribution in [2.75, 3.05) is 36.5 Å². The minimum absolute atomic E-state index is 0.0192. The number of hydrogen-bond acceptors (Lipinski definition) is 5. The molecule has 1 unspecified atom stereocenters. The van der Waals surface area contributed by atoms with E-state index in [0.717, 1.165) is 31.0 Å². The monoisotopic (exact) mass is 383 g/mol. The average molecular weight is 384 g/mol. The van der Waals surface area contributed by atoms with Crippen molar-refractivity contribution >= 4 is 21.6 Å². The maximum atomic E-state index is 11.3. The van der Waals surface area contributed by atoms with Gasteiger partial charge in [-0.25, -0.2) is 18.4 Å². The molecule has 26 heavy (non-hydrogen) atoms. The van der Waals surface area contributed by atoms with E-state index in [2.05, 4.69) is 39.4 Å². The number of guanidine groups is 1. The quantitative estimate of drug-likeness (QED) is 0.473. The molecule has 0 spiro atoms. The van der Waals surface area contributed by atoms with E-state index in [-0.39, 0.29) is 11.8 Å². The summed E-state index contributed by atoms with van der Waals surface area (Å²) >= 11 is 0. The fraction of sp³-hybridized carbons (Fsp3) is 0.667. The third-order valence-corrected chi connectivity index (χ3v) is 4.94. The molecule has 0 aliphatic carbocycles. The van der Waals surface area contributed by atoms with Crippen LogP contribution in [0.25, 0.3) is 0 Å². The molecule has 1 aromatic heterocycles. The highest BCUT2D eigenvalue weighted by Gasteiger charge is 2.09. The van der Waals surface area contributed by atoms with Crippen molar-refractivity contribution in [2.45, 2.75) is 46.7 Å². The van der Waals surface area contributed by atoms with E-state index < -0.39 is 9.84 Å². The van der Waals surface area contributed by atoms with Crippen LogP contribution in [0.15, 0.2) is 23.3 Å². The van der Waals surface area contributed by atoms with Gasteiger partial charge in [-0.15, -0.1) is 0 Å². The van der Waals surface area contributed by atoms with E-state index in [1.54, 1.807) is 0 Å². The van der Waals surface area contributed by atoms with Gasteiger partial charge in [0, 0.05) is 38.1 Å². The first-order valence-electron chi connectivity index (χ1n) is 9.21. The van der Waals surface area contributed by atoms with Crippen LogP contribution in [-0.4, -0.2) is 57.0 Å². The molecule has 0 bridgehead atoms. The molecule has 7 nitrogen and oxygen atoms in total. The Morgan fingerprint density at radius 1 is 1.27 bits per heavy atom. The molecule has 1 atom stereocenters. The summed E-state index contributed by atoms with van der Waals surface area (Å²) in [6, 6.07) is 4.08. The number of sulfone groups is 1. The molecular formula is C18H33N5O2S. The summed E-state index contributed by atoms with van der Waals surface area (Å²) in [7, 11) is -2.95. The van der Waals surface area contributed by atoms with E-state index in [0.29, 0.717) is 18.9 Å². The second kappa shape index (κ2) is 11.0. The van der Waals surface area contributed by atoms with Gasteiger partial charge in [-0.3, -0.25) is 0 Å². The van der Waals surface area contributed by atoms with Crippen LogP contribution in [-0.2, 0) is 16.4 Å². The van der Waals surface area contributed by atoms with Crippen LogP contribution in [0.5, 0.6) is 0 Å². The maximum Gasteiger partial charge on any atom is 0.191 e. The van der Waals surface area contributed by atoms with E-state index in [4.69, 9.17) is 0 Å². The molecule has 0 aliphatic heterocycles. The molecule has 0 fully saturated rings. The van der Waals surface area contributed by atoms with Crippen molar-refractivity contribution in [1.82, 2.24) is 15.6 Å². The zero-order valence-electron chi connectivity index (χ0n) is 16.6. The lowest BCUT2D eigenvalue weighted by Gasteiger charge is -2.19. The van der Waals surface area contributed by atoms with Crippen molar-refractivity contribution in [3.05, 3.63) is 23.9 Å². The molecule has 0 saturated heterocycles. The summed E-state index contributed by atoms with van der Waals surface area (Å²) < 4.78 is 22.6. The van der Waals surface area contributed by atoms with Gasteiger partial charge in [0.25, 0.3) is 0 Å². The number of rotatable bonds is 10. The Labute approximate surface area is 158 Å². The molecule has 148 valence electrons. The smallest absolute Gasteiger partial charge is 0.191 e. The normalized spacial score (nSPS) is 13.3. The zero-order valence-corrected chi connectivity index (χ0v) is 17.4. The summed E-state index contributed by atoms with van der Waals surface area (Å²) in [5.41, 5.74) is 1.03. The van der Waals surface area contributed by atoms with Crippen molar-refractivity contribution in [3.63, 3.8) is 0 Å². The van der Waals surface area contributed by atoms with E-state index >= 15 is 0 Å². The highest BCUT2D eigenvalue weighted by atomic mass is 32.2. The van der Waals surface area contributed by atoms with Crippen LogP contribution in [0, 0.1) is 0 Å². The SMILES string of the molecule is CCNC(=NCc1ccc(N(CC)CC)nc1)NC(C)CCS(C)(=O)=O. The van der Waals surface area contributed by atoms with Crippen LogP contribution < -0.4 is 15.5 Å². The number of aromatic nitrogens is 1. The molecule has 1 aromatic rings. The largest absolute Gasteiger partial charge is 0.357 e. The summed E-state index contributed by atoms with van der Waals surface area (Å²) in [4.78, 5) is 11.3. The Bertz CT molecular complexity index is 655. The van der Waals surface area contributed by atoms with Crippen molar-refractivity contribution in [1.29, 1.82) is 0 Å². The first-order chi connectivity index (χ1) is 12.3. The van der Waals surface area contributed by atoms with E-state index in [1.807, 2.05) is 32.2 Å². The standard InChI is InChI=1S/C18H33N5O2S/c1-6-19-18(22-15(4)11-12-26(5,24)25)21-14-16-9-10-17(20-13-16)23(7-2)8-3/h9-10,13,15H,6-8,11-12,14H2,1-5H3,(H2,19,21,22). The molecule has 2 N–H and O–H groups in total. The molecular weight excluding hydrogens is 350 g/mol. The van der Waals surface area contributed by atoms with Crippen LogP contribution in [0.2, 0.25) is 0 Å². The lowest BCUT2D eigenvalue weighted by atomic mass is 10.2. The topological polar surface area (TPSA) is 86.7 Å². The maximum absolute atomic E-state index is 11.3. The van der Waals surface area contributed by atoms with Gasteiger partial charge in [0.2, 0.25) is 0 Å². The molecule has 0 aromatic carbocycles. The Morgan fingerprint density at radius 2 is 1.96 bits per heavy atom. The molecule has 8 heteroatoms. The number of hydrogen-bond donors (Lipinski definition) is 2. The third-order valence-electron chi connectivity index (χ3n) is 3.97. The summed E-state index contributed by atoms with van der Waals surface area (Å²) in [5, 5.41) is 6.44. The van der Waals surface area contributed by atoms with Gasteiger partial charge in [0.1, 0.15) is 15.7 Å². The lowest BCUT2D eigenvalue weighted by molar-refractivity contribution is 0.581. The van der Waals surface area contributed by atoms with Crippen LogP contribution >= 0.6 is 0 Å². The van der Waals surface area contributed by atoms with Crippen LogP contribution in [0.4, 0.5) is 5.82 Å². The fourth-order valence-electron chi connectivity index (χ4n) is 2.43. The van der Waals surface area contributed by atoms with Gasteiger partial charge < -0.3 is 15.5 Å². The summed E-state index contributed by atoms with van der Waals surface area (Å²) in [5.74, 6) is 1.82. The van der Waals surface area contributed by atoms with Crippen molar-refractivity contribution in [2.24, 2.45) is 4.99 Å². The Balaban J connectivity index is 2.68. The minimum Gasteiger partial charge on any atom is -0.357 e. The number of aliphatic imine (C=N–C) groups is 1. The van der Waals surface area contributed by atoms with E-state index in [9.17, 15) is 8.42 Å². The molecule has 1 rings (SSSR count). The molecule has 0 aliphatic rings.